The van der Waals surface area contributed by atoms with Crippen LogP contribution in [0.25, 0.3) is 0 Å². The SMILES string of the molecule is CCn1ncnc1CNc1ccc(Br)cc1. The normalized spacial score (nSPS) is 10.4. The molecule has 0 amide bonds. The van der Waals surface area contributed by atoms with Crippen LogP contribution in [0.4, 0.5) is 5.69 Å². The molecule has 0 unspecified atom stereocenters. The topological polar surface area (TPSA) is 42.7 Å². The lowest BCUT2D eigenvalue weighted by Gasteiger charge is -2.06. The van der Waals surface area contributed by atoms with Gasteiger partial charge in [0.2, 0.25) is 0 Å². The average molecular weight is 281 g/mol. The van der Waals surface area contributed by atoms with E-state index in [4.69, 9.17) is 0 Å². The number of anilines is 1. The summed E-state index contributed by atoms with van der Waals surface area (Å²) in [6, 6.07) is 8.06. The van der Waals surface area contributed by atoms with E-state index in [9.17, 15) is 0 Å². The summed E-state index contributed by atoms with van der Waals surface area (Å²) in [6.07, 6.45) is 1.59. The fourth-order valence-corrected chi connectivity index (χ4v) is 1.70. The third-order valence-electron chi connectivity index (χ3n) is 2.29. The van der Waals surface area contributed by atoms with Gasteiger partial charge < -0.3 is 5.32 Å². The minimum Gasteiger partial charge on any atom is -0.378 e. The Hall–Kier alpha value is -1.36. The molecule has 1 aromatic heterocycles. The number of rotatable bonds is 4. The van der Waals surface area contributed by atoms with Crippen molar-refractivity contribution < 1.29 is 0 Å². The Kier molecular flexibility index (Phi) is 3.56. The zero-order valence-electron chi connectivity index (χ0n) is 9.02. The second kappa shape index (κ2) is 5.12. The van der Waals surface area contributed by atoms with E-state index in [1.807, 2.05) is 28.9 Å². The van der Waals surface area contributed by atoms with Crippen molar-refractivity contribution >= 4 is 21.6 Å². The number of aryl methyl sites for hydroxylation is 1. The van der Waals surface area contributed by atoms with Crippen LogP contribution < -0.4 is 5.32 Å². The van der Waals surface area contributed by atoms with Crippen LogP contribution in [0.2, 0.25) is 0 Å². The molecule has 0 aliphatic carbocycles. The van der Waals surface area contributed by atoms with Gasteiger partial charge in [-0.3, -0.25) is 0 Å². The Balaban J connectivity index is 1.99. The molecule has 1 N–H and O–H groups in total. The lowest BCUT2D eigenvalue weighted by atomic mass is 10.3. The molecule has 0 saturated heterocycles. The van der Waals surface area contributed by atoms with Crippen molar-refractivity contribution in [2.75, 3.05) is 5.32 Å². The highest BCUT2D eigenvalue weighted by atomic mass is 79.9. The Bertz CT molecular complexity index is 449. The van der Waals surface area contributed by atoms with Gasteiger partial charge >= 0.3 is 0 Å². The van der Waals surface area contributed by atoms with Gasteiger partial charge in [0.1, 0.15) is 12.2 Å². The monoisotopic (exact) mass is 280 g/mol. The predicted molar refractivity (Wildman–Crippen MR) is 67.2 cm³/mol. The summed E-state index contributed by atoms with van der Waals surface area (Å²) in [5.74, 6) is 0.949. The van der Waals surface area contributed by atoms with Crippen molar-refractivity contribution in [2.24, 2.45) is 0 Å². The Morgan fingerprint density at radius 3 is 2.75 bits per heavy atom. The largest absolute Gasteiger partial charge is 0.378 e. The zero-order valence-corrected chi connectivity index (χ0v) is 10.6. The number of nitrogens with one attached hydrogen (secondary N) is 1. The van der Waals surface area contributed by atoms with Gasteiger partial charge in [-0.1, -0.05) is 15.9 Å². The number of aromatic nitrogens is 3. The van der Waals surface area contributed by atoms with E-state index in [1.54, 1.807) is 6.33 Å². The van der Waals surface area contributed by atoms with E-state index >= 15 is 0 Å². The van der Waals surface area contributed by atoms with Crippen molar-refractivity contribution in [3.05, 3.63) is 40.9 Å². The molecule has 0 bridgehead atoms. The van der Waals surface area contributed by atoms with Crippen molar-refractivity contribution in [3.63, 3.8) is 0 Å². The molecule has 84 valence electrons. The van der Waals surface area contributed by atoms with Gasteiger partial charge in [0.05, 0.1) is 6.54 Å². The molecule has 0 atom stereocenters. The number of benzene rings is 1. The molecule has 0 saturated carbocycles. The third-order valence-corrected chi connectivity index (χ3v) is 2.82. The summed E-state index contributed by atoms with van der Waals surface area (Å²) in [5.41, 5.74) is 1.08. The lowest BCUT2D eigenvalue weighted by Crippen LogP contribution is -2.08. The summed E-state index contributed by atoms with van der Waals surface area (Å²) >= 11 is 3.40. The standard InChI is InChI=1S/C11H13BrN4/c1-2-16-11(14-8-15-16)7-13-10-5-3-9(12)4-6-10/h3-6,8,13H,2,7H2,1H3. The maximum Gasteiger partial charge on any atom is 0.146 e. The molecule has 5 heteroatoms. The second-order valence-corrected chi connectivity index (χ2v) is 4.27. The first kappa shape index (κ1) is 11.1. The molecule has 2 rings (SSSR count). The van der Waals surface area contributed by atoms with Crippen molar-refractivity contribution in [1.82, 2.24) is 14.8 Å². The molecule has 0 radical (unpaired) electrons. The number of halogens is 1. The maximum absolute atomic E-state index is 4.20. The van der Waals surface area contributed by atoms with E-state index in [0.29, 0.717) is 6.54 Å². The highest BCUT2D eigenvalue weighted by molar-refractivity contribution is 9.10. The predicted octanol–water partition coefficient (Wildman–Crippen LogP) is 2.67. The Morgan fingerprint density at radius 2 is 2.06 bits per heavy atom. The van der Waals surface area contributed by atoms with Crippen LogP contribution >= 0.6 is 15.9 Å². The first-order valence-electron chi connectivity index (χ1n) is 5.15. The molecule has 0 spiro atoms. The van der Waals surface area contributed by atoms with Crippen LogP contribution in [0.15, 0.2) is 35.1 Å². The Labute approximate surface area is 103 Å². The summed E-state index contributed by atoms with van der Waals surface area (Å²) in [6.45, 7) is 3.59. The van der Waals surface area contributed by atoms with Crippen LogP contribution in [-0.2, 0) is 13.1 Å². The second-order valence-electron chi connectivity index (χ2n) is 3.35. The molecular weight excluding hydrogens is 268 g/mol. The Morgan fingerprint density at radius 1 is 1.31 bits per heavy atom. The molecule has 1 heterocycles. The van der Waals surface area contributed by atoms with Crippen molar-refractivity contribution in [1.29, 1.82) is 0 Å². The van der Waals surface area contributed by atoms with Gasteiger partial charge in [0, 0.05) is 16.7 Å². The van der Waals surface area contributed by atoms with Crippen molar-refractivity contribution in [3.8, 4) is 0 Å². The maximum atomic E-state index is 4.20. The lowest BCUT2D eigenvalue weighted by molar-refractivity contribution is 0.622. The molecule has 2 aromatic rings. The van der Waals surface area contributed by atoms with Gasteiger partial charge in [-0.15, -0.1) is 0 Å². The van der Waals surface area contributed by atoms with Gasteiger partial charge in [-0.2, -0.15) is 5.10 Å². The van der Waals surface area contributed by atoms with Gasteiger partial charge in [0.15, 0.2) is 0 Å². The van der Waals surface area contributed by atoms with Crippen LogP contribution in [0, 0.1) is 0 Å². The number of hydrogen-bond donors (Lipinski definition) is 1. The summed E-state index contributed by atoms with van der Waals surface area (Å²) < 4.78 is 2.96. The fraction of sp³-hybridized carbons (Fsp3) is 0.273. The summed E-state index contributed by atoms with van der Waals surface area (Å²) in [7, 11) is 0. The van der Waals surface area contributed by atoms with Gasteiger partial charge in [-0.25, -0.2) is 9.67 Å². The third kappa shape index (κ3) is 2.61. The molecular formula is C11H13BrN4. The first-order chi connectivity index (χ1) is 7.79. The molecule has 16 heavy (non-hydrogen) atoms. The summed E-state index contributed by atoms with van der Waals surface area (Å²) in [4.78, 5) is 4.20. The number of nitrogens with zero attached hydrogens (tertiary/aromatic N) is 3. The molecule has 0 aliphatic heterocycles. The van der Waals surface area contributed by atoms with Gasteiger partial charge in [-0.05, 0) is 31.2 Å². The number of hydrogen-bond acceptors (Lipinski definition) is 3. The minimum absolute atomic E-state index is 0.690. The van der Waals surface area contributed by atoms with Crippen LogP contribution in [0.3, 0.4) is 0 Å². The highest BCUT2D eigenvalue weighted by Crippen LogP contribution is 2.14. The van der Waals surface area contributed by atoms with E-state index in [1.165, 1.54) is 0 Å². The van der Waals surface area contributed by atoms with E-state index < -0.39 is 0 Å². The van der Waals surface area contributed by atoms with E-state index in [2.05, 4.69) is 38.3 Å². The fourth-order valence-electron chi connectivity index (χ4n) is 1.44. The van der Waals surface area contributed by atoms with E-state index in [0.717, 1.165) is 22.5 Å². The smallest absolute Gasteiger partial charge is 0.146 e. The minimum atomic E-state index is 0.690. The molecule has 1 aromatic carbocycles. The average Bonchev–Trinajstić information content (AvgIpc) is 2.76. The zero-order chi connectivity index (χ0) is 11.4. The van der Waals surface area contributed by atoms with E-state index in [-0.39, 0.29) is 0 Å². The molecule has 0 fully saturated rings. The molecule has 0 aliphatic rings. The van der Waals surface area contributed by atoms with Crippen molar-refractivity contribution in [2.45, 2.75) is 20.0 Å². The first-order valence-corrected chi connectivity index (χ1v) is 5.95. The van der Waals surface area contributed by atoms with Gasteiger partial charge in [0.25, 0.3) is 0 Å². The summed E-state index contributed by atoms with van der Waals surface area (Å²) in [5, 5.41) is 7.42. The van der Waals surface area contributed by atoms with Crippen LogP contribution in [0.1, 0.15) is 12.7 Å². The van der Waals surface area contributed by atoms with Crippen LogP contribution in [0.5, 0.6) is 0 Å². The van der Waals surface area contributed by atoms with Crippen LogP contribution in [-0.4, -0.2) is 14.8 Å². The quantitative estimate of drug-likeness (QED) is 0.937. The highest BCUT2D eigenvalue weighted by Gasteiger charge is 2.01. The molecule has 4 nitrogen and oxygen atoms in total.